The van der Waals surface area contributed by atoms with Crippen molar-refractivity contribution < 1.29 is 0 Å². The molecule has 1 aliphatic rings. The molecule has 1 rings (SSSR count). The van der Waals surface area contributed by atoms with Crippen molar-refractivity contribution in [3.63, 3.8) is 0 Å². The average molecular weight is 410 g/mol. The zero-order chi connectivity index (χ0) is 14.8. The molecule has 0 aromatic carbocycles. The van der Waals surface area contributed by atoms with Crippen molar-refractivity contribution in [1.82, 2.24) is 15.5 Å². The molecule has 21 heavy (non-hydrogen) atoms. The summed E-state index contributed by atoms with van der Waals surface area (Å²) in [6.45, 7) is 15.4. The predicted octanol–water partition coefficient (Wildman–Crippen LogP) is 2.94. The third kappa shape index (κ3) is 9.55. The molecule has 126 valence electrons. The van der Waals surface area contributed by atoms with Gasteiger partial charge < -0.3 is 15.5 Å². The van der Waals surface area contributed by atoms with Crippen molar-refractivity contribution in [2.75, 3.05) is 39.3 Å². The van der Waals surface area contributed by atoms with Crippen LogP contribution in [0.3, 0.4) is 0 Å². The zero-order valence-electron chi connectivity index (χ0n) is 14.3. The quantitative estimate of drug-likeness (QED) is 0.385. The van der Waals surface area contributed by atoms with E-state index in [1.807, 2.05) is 0 Å². The number of piperidine rings is 1. The van der Waals surface area contributed by atoms with E-state index in [0.29, 0.717) is 5.92 Å². The Morgan fingerprint density at radius 3 is 2.38 bits per heavy atom. The Hall–Kier alpha value is -0.0400. The molecule has 0 saturated carbocycles. The number of aliphatic imine (C=N–C) groups is 1. The number of hydrogen-bond acceptors (Lipinski definition) is 2. The molecule has 0 spiro atoms. The maximum atomic E-state index is 4.61. The van der Waals surface area contributed by atoms with E-state index in [9.17, 15) is 0 Å². The number of rotatable bonds is 7. The summed E-state index contributed by atoms with van der Waals surface area (Å²) in [6, 6.07) is 0. The smallest absolute Gasteiger partial charge is 0.191 e. The first-order chi connectivity index (χ1) is 9.65. The van der Waals surface area contributed by atoms with Gasteiger partial charge in [-0.2, -0.15) is 0 Å². The molecule has 0 radical (unpaired) electrons. The molecular formula is C16H35IN4. The average Bonchev–Trinajstić information content (AvgIpc) is 2.45. The second-order valence-electron chi connectivity index (χ2n) is 6.21. The minimum Gasteiger partial charge on any atom is -0.357 e. The summed E-state index contributed by atoms with van der Waals surface area (Å²) in [7, 11) is 0. The molecule has 1 fully saturated rings. The van der Waals surface area contributed by atoms with Crippen molar-refractivity contribution in [2.45, 2.75) is 47.0 Å². The van der Waals surface area contributed by atoms with Crippen LogP contribution in [-0.2, 0) is 0 Å². The first-order valence-electron chi connectivity index (χ1n) is 8.40. The van der Waals surface area contributed by atoms with E-state index in [-0.39, 0.29) is 24.0 Å². The highest BCUT2D eigenvalue weighted by atomic mass is 127. The van der Waals surface area contributed by atoms with Gasteiger partial charge in [-0.3, -0.25) is 4.99 Å². The summed E-state index contributed by atoms with van der Waals surface area (Å²) in [5, 5.41) is 6.80. The van der Waals surface area contributed by atoms with Crippen molar-refractivity contribution in [1.29, 1.82) is 0 Å². The molecule has 1 aliphatic heterocycles. The fourth-order valence-electron chi connectivity index (χ4n) is 2.60. The van der Waals surface area contributed by atoms with Gasteiger partial charge >= 0.3 is 0 Å². The van der Waals surface area contributed by atoms with Gasteiger partial charge in [0.15, 0.2) is 5.96 Å². The Labute approximate surface area is 148 Å². The Morgan fingerprint density at radius 1 is 1.19 bits per heavy atom. The number of likely N-dealkylation sites (tertiary alicyclic amines) is 1. The second-order valence-corrected chi connectivity index (χ2v) is 6.21. The van der Waals surface area contributed by atoms with E-state index in [0.717, 1.165) is 31.5 Å². The number of nitrogens with one attached hydrogen (secondary N) is 2. The van der Waals surface area contributed by atoms with Gasteiger partial charge in [0, 0.05) is 19.6 Å². The molecule has 1 heterocycles. The molecular weight excluding hydrogens is 375 g/mol. The van der Waals surface area contributed by atoms with Crippen molar-refractivity contribution in [2.24, 2.45) is 16.8 Å². The standard InChI is InChI=1S/C16H34N4.HI/c1-5-17-16(19-13-14(3)4)18-10-7-15-8-11-20(6-2)12-9-15;/h14-15H,5-13H2,1-4H3,(H2,17,18,19);1H. The minimum absolute atomic E-state index is 0. The normalized spacial score (nSPS) is 17.7. The van der Waals surface area contributed by atoms with Gasteiger partial charge in [0.25, 0.3) is 0 Å². The van der Waals surface area contributed by atoms with E-state index >= 15 is 0 Å². The van der Waals surface area contributed by atoms with Gasteiger partial charge in [-0.05, 0) is 57.7 Å². The molecule has 2 N–H and O–H groups in total. The first kappa shape index (κ1) is 21.0. The fraction of sp³-hybridized carbons (Fsp3) is 0.938. The van der Waals surface area contributed by atoms with Crippen LogP contribution in [0.1, 0.15) is 47.0 Å². The molecule has 0 aromatic heterocycles. The topological polar surface area (TPSA) is 39.7 Å². The predicted molar refractivity (Wildman–Crippen MR) is 104 cm³/mol. The lowest BCUT2D eigenvalue weighted by Crippen LogP contribution is -2.39. The van der Waals surface area contributed by atoms with Crippen LogP contribution in [0.5, 0.6) is 0 Å². The second kappa shape index (κ2) is 12.5. The van der Waals surface area contributed by atoms with Gasteiger partial charge in [0.1, 0.15) is 0 Å². The number of halogens is 1. The summed E-state index contributed by atoms with van der Waals surface area (Å²) < 4.78 is 0. The van der Waals surface area contributed by atoms with E-state index in [4.69, 9.17) is 0 Å². The highest BCUT2D eigenvalue weighted by molar-refractivity contribution is 14.0. The number of guanidine groups is 1. The lowest BCUT2D eigenvalue weighted by atomic mass is 9.93. The summed E-state index contributed by atoms with van der Waals surface area (Å²) >= 11 is 0. The van der Waals surface area contributed by atoms with Gasteiger partial charge in [-0.25, -0.2) is 0 Å². The maximum absolute atomic E-state index is 4.61. The van der Waals surface area contributed by atoms with Crippen molar-refractivity contribution >= 4 is 29.9 Å². The molecule has 0 bridgehead atoms. The van der Waals surface area contributed by atoms with Gasteiger partial charge in [-0.1, -0.05) is 20.8 Å². The Morgan fingerprint density at radius 2 is 1.86 bits per heavy atom. The zero-order valence-corrected chi connectivity index (χ0v) is 16.7. The largest absolute Gasteiger partial charge is 0.357 e. The minimum atomic E-state index is 0. The van der Waals surface area contributed by atoms with Crippen LogP contribution in [0.2, 0.25) is 0 Å². The Balaban J connectivity index is 0.00000400. The van der Waals surface area contributed by atoms with E-state index in [2.05, 4.69) is 48.2 Å². The van der Waals surface area contributed by atoms with Crippen LogP contribution in [0, 0.1) is 11.8 Å². The fourth-order valence-corrected chi connectivity index (χ4v) is 2.60. The van der Waals surface area contributed by atoms with Gasteiger partial charge in [0.2, 0.25) is 0 Å². The van der Waals surface area contributed by atoms with Crippen molar-refractivity contribution in [3.8, 4) is 0 Å². The van der Waals surface area contributed by atoms with E-state index in [1.165, 1.54) is 38.9 Å². The molecule has 1 saturated heterocycles. The number of hydrogen-bond donors (Lipinski definition) is 2. The molecule has 0 unspecified atom stereocenters. The highest BCUT2D eigenvalue weighted by Gasteiger charge is 2.17. The first-order valence-corrected chi connectivity index (χ1v) is 8.40. The number of nitrogens with zero attached hydrogens (tertiary/aromatic N) is 2. The summed E-state index contributed by atoms with van der Waals surface area (Å²) in [5.74, 6) is 2.48. The SMILES string of the molecule is CCNC(=NCC(C)C)NCCC1CCN(CC)CC1.I. The molecule has 0 aromatic rings. The van der Waals surface area contributed by atoms with Crippen molar-refractivity contribution in [3.05, 3.63) is 0 Å². The summed E-state index contributed by atoms with van der Waals surface area (Å²) in [5.41, 5.74) is 0. The van der Waals surface area contributed by atoms with Crippen LogP contribution in [0.4, 0.5) is 0 Å². The lowest BCUT2D eigenvalue weighted by Gasteiger charge is -2.31. The molecule has 0 amide bonds. The monoisotopic (exact) mass is 410 g/mol. The third-order valence-electron chi connectivity index (χ3n) is 3.96. The van der Waals surface area contributed by atoms with E-state index < -0.39 is 0 Å². The van der Waals surface area contributed by atoms with Crippen LogP contribution in [0.25, 0.3) is 0 Å². The van der Waals surface area contributed by atoms with Gasteiger partial charge in [0.05, 0.1) is 0 Å². The van der Waals surface area contributed by atoms with Crippen LogP contribution in [-0.4, -0.2) is 50.1 Å². The summed E-state index contributed by atoms with van der Waals surface area (Å²) in [4.78, 5) is 7.16. The molecule has 0 aliphatic carbocycles. The maximum Gasteiger partial charge on any atom is 0.191 e. The van der Waals surface area contributed by atoms with E-state index in [1.54, 1.807) is 0 Å². The summed E-state index contributed by atoms with van der Waals surface area (Å²) in [6.07, 6.45) is 3.98. The highest BCUT2D eigenvalue weighted by Crippen LogP contribution is 2.19. The van der Waals surface area contributed by atoms with Crippen LogP contribution < -0.4 is 10.6 Å². The van der Waals surface area contributed by atoms with Gasteiger partial charge in [-0.15, -0.1) is 24.0 Å². The molecule has 0 atom stereocenters. The Bertz CT molecular complexity index is 273. The molecule has 4 nitrogen and oxygen atoms in total. The van der Waals surface area contributed by atoms with Crippen LogP contribution >= 0.6 is 24.0 Å². The lowest BCUT2D eigenvalue weighted by molar-refractivity contribution is 0.187. The molecule has 5 heteroatoms. The Kier molecular flexibility index (Phi) is 12.5. The van der Waals surface area contributed by atoms with Crippen LogP contribution in [0.15, 0.2) is 4.99 Å². The third-order valence-corrected chi connectivity index (χ3v) is 3.96.